The Morgan fingerprint density at radius 3 is 2.79 bits per heavy atom. The van der Waals surface area contributed by atoms with Gasteiger partial charge in [-0.25, -0.2) is 0 Å². The van der Waals surface area contributed by atoms with Crippen molar-refractivity contribution in [2.45, 2.75) is 19.1 Å². The summed E-state index contributed by atoms with van der Waals surface area (Å²) < 4.78 is 5.20. The quantitative estimate of drug-likeness (QED) is 0.809. The van der Waals surface area contributed by atoms with E-state index in [1.54, 1.807) is 0 Å². The second kappa shape index (κ2) is 6.23. The number of epoxide rings is 1. The van der Waals surface area contributed by atoms with Crippen LogP contribution < -0.4 is 5.32 Å². The summed E-state index contributed by atoms with van der Waals surface area (Å²) in [6.07, 6.45) is 1.79. The smallest absolute Gasteiger partial charge is 0.0933 e. The molecule has 0 radical (unpaired) electrons. The molecule has 2 heterocycles. The summed E-state index contributed by atoms with van der Waals surface area (Å²) in [5, 5.41) is 4.33. The third kappa shape index (κ3) is 4.18. The molecule has 2 fully saturated rings. The van der Waals surface area contributed by atoms with Crippen LogP contribution in [0.2, 0.25) is 5.02 Å². The number of likely N-dealkylation sites (tertiary alicyclic amines) is 1. The first kappa shape index (κ1) is 13.4. The van der Waals surface area contributed by atoms with Crippen molar-refractivity contribution >= 4 is 11.6 Å². The van der Waals surface area contributed by atoms with E-state index in [0.717, 1.165) is 37.2 Å². The van der Waals surface area contributed by atoms with Crippen LogP contribution in [0.25, 0.3) is 0 Å². The minimum absolute atomic E-state index is 0.492. The molecule has 2 unspecified atom stereocenters. The molecule has 2 atom stereocenters. The maximum Gasteiger partial charge on any atom is 0.0933 e. The van der Waals surface area contributed by atoms with E-state index >= 15 is 0 Å². The molecule has 2 aliphatic rings. The molecule has 0 aromatic heterocycles. The van der Waals surface area contributed by atoms with Crippen molar-refractivity contribution in [1.29, 1.82) is 0 Å². The molecule has 0 saturated carbocycles. The van der Waals surface area contributed by atoms with E-state index in [0.29, 0.717) is 6.10 Å². The van der Waals surface area contributed by atoms with Gasteiger partial charge in [-0.3, -0.25) is 4.90 Å². The third-order valence-electron chi connectivity index (χ3n) is 3.90. The largest absolute Gasteiger partial charge is 0.372 e. The molecular weight excluding hydrogens is 260 g/mol. The van der Waals surface area contributed by atoms with Gasteiger partial charge in [-0.05, 0) is 43.1 Å². The fraction of sp³-hybridized carbons (Fsp3) is 0.600. The highest BCUT2D eigenvalue weighted by molar-refractivity contribution is 6.30. The molecule has 0 amide bonds. The standard InChI is InChI=1S/C15H21ClN2O/c16-14-3-1-12(2-4-14)9-18-6-5-13(10-18)7-17-8-15-11-19-15/h1-4,13,15,17H,5-11H2. The summed E-state index contributed by atoms with van der Waals surface area (Å²) in [6, 6.07) is 8.19. The summed E-state index contributed by atoms with van der Waals surface area (Å²) in [4.78, 5) is 2.53. The molecule has 3 rings (SSSR count). The number of hydrogen-bond acceptors (Lipinski definition) is 3. The predicted octanol–water partition coefficient (Wildman–Crippen LogP) is 2.15. The highest BCUT2D eigenvalue weighted by Gasteiger charge is 2.25. The Hall–Kier alpha value is -0.610. The lowest BCUT2D eigenvalue weighted by atomic mass is 10.1. The summed E-state index contributed by atoms with van der Waals surface area (Å²) in [7, 11) is 0. The van der Waals surface area contributed by atoms with Crippen LogP contribution in [-0.4, -0.2) is 43.8 Å². The Balaban J connectivity index is 1.39. The van der Waals surface area contributed by atoms with Gasteiger partial charge in [0.25, 0.3) is 0 Å². The van der Waals surface area contributed by atoms with Gasteiger partial charge in [-0.1, -0.05) is 23.7 Å². The average Bonchev–Trinajstić information content (AvgIpc) is 3.12. The van der Waals surface area contributed by atoms with Gasteiger partial charge in [-0.15, -0.1) is 0 Å². The van der Waals surface area contributed by atoms with Crippen molar-refractivity contribution in [3.63, 3.8) is 0 Å². The number of ether oxygens (including phenoxy) is 1. The number of benzene rings is 1. The molecule has 104 valence electrons. The fourth-order valence-corrected chi connectivity index (χ4v) is 2.83. The first-order chi connectivity index (χ1) is 9.29. The Morgan fingerprint density at radius 1 is 1.26 bits per heavy atom. The van der Waals surface area contributed by atoms with E-state index in [9.17, 15) is 0 Å². The Kier molecular flexibility index (Phi) is 4.38. The third-order valence-corrected chi connectivity index (χ3v) is 4.15. The predicted molar refractivity (Wildman–Crippen MR) is 77.4 cm³/mol. The molecule has 1 N–H and O–H groups in total. The SMILES string of the molecule is Clc1ccc(CN2CCC(CNCC3CO3)C2)cc1. The van der Waals surface area contributed by atoms with Crippen molar-refractivity contribution in [2.75, 3.05) is 32.8 Å². The van der Waals surface area contributed by atoms with Crippen molar-refractivity contribution in [1.82, 2.24) is 10.2 Å². The van der Waals surface area contributed by atoms with Crippen LogP contribution in [0, 0.1) is 5.92 Å². The lowest BCUT2D eigenvalue weighted by molar-refractivity contribution is 0.312. The summed E-state index contributed by atoms with van der Waals surface area (Å²) >= 11 is 5.91. The Morgan fingerprint density at radius 2 is 2.05 bits per heavy atom. The van der Waals surface area contributed by atoms with Gasteiger partial charge >= 0.3 is 0 Å². The van der Waals surface area contributed by atoms with Crippen LogP contribution in [-0.2, 0) is 11.3 Å². The van der Waals surface area contributed by atoms with Crippen LogP contribution in [0.15, 0.2) is 24.3 Å². The van der Waals surface area contributed by atoms with Gasteiger partial charge in [0.05, 0.1) is 12.7 Å². The summed E-state index contributed by atoms with van der Waals surface area (Å²) in [5.74, 6) is 0.783. The van der Waals surface area contributed by atoms with Gasteiger partial charge in [0.1, 0.15) is 0 Å². The van der Waals surface area contributed by atoms with Crippen molar-refractivity contribution < 1.29 is 4.74 Å². The zero-order valence-corrected chi connectivity index (χ0v) is 11.9. The van der Waals surface area contributed by atoms with Gasteiger partial charge < -0.3 is 10.1 Å². The first-order valence-corrected chi connectivity index (χ1v) is 7.46. The van der Waals surface area contributed by atoms with Crippen LogP contribution in [0.4, 0.5) is 0 Å². The minimum atomic E-state index is 0.492. The van der Waals surface area contributed by atoms with E-state index in [-0.39, 0.29) is 0 Å². The van der Waals surface area contributed by atoms with E-state index in [4.69, 9.17) is 16.3 Å². The van der Waals surface area contributed by atoms with Crippen LogP contribution in [0.3, 0.4) is 0 Å². The lowest BCUT2D eigenvalue weighted by Gasteiger charge is -2.16. The van der Waals surface area contributed by atoms with E-state index in [1.165, 1.54) is 25.1 Å². The number of rotatable bonds is 6. The van der Waals surface area contributed by atoms with Gasteiger partial charge in [0.15, 0.2) is 0 Å². The summed E-state index contributed by atoms with van der Waals surface area (Å²) in [5.41, 5.74) is 1.35. The normalized spacial score (nSPS) is 26.8. The van der Waals surface area contributed by atoms with Gasteiger partial charge in [-0.2, -0.15) is 0 Å². The number of halogens is 1. The van der Waals surface area contributed by atoms with Crippen LogP contribution in [0.1, 0.15) is 12.0 Å². The second-order valence-electron chi connectivity index (χ2n) is 5.63. The zero-order valence-electron chi connectivity index (χ0n) is 11.1. The molecule has 1 aromatic rings. The molecule has 0 spiro atoms. The monoisotopic (exact) mass is 280 g/mol. The molecule has 0 bridgehead atoms. The minimum Gasteiger partial charge on any atom is -0.372 e. The highest BCUT2D eigenvalue weighted by Crippen LogP contribution is 2.19. The van der Waals surface area contributed by atoms with E-state index < -0.39 is 0 Å². The Labute approximate surface area is 119 Å². The summed E-state index contributed by atoms with van der Waals surface area (Å²) in [6.45, 7) is 6.53. The van der Waals surface area contributed by atoms with Crippen molar-refractivity contribution in [3.05, 3.63) is 34.9 Å². The molecular formula is C15H21ClN2O. The maximum absolute atomic E-state index is 5.91. The molecule has 4 heteroatoms. The molecule has 3 nitrogen and oxygen atoms in total. The maximum atomic E-state index is 5.91. The van der Waals surface area contributed by atoms with Gasteiger partial charge in [0, 0.05) is 24.7 Å². The van der Waals surface area contributed by atoms with Crippen LogP contribution >= 0.6 is 11.6 Å². The van der Waals surface area contributed by atoms with Crippen molar-refractivity contribution in [2.24, 2.45) is 5.92 Å². The number of nitrogens with zero attached hydrogens (tertiary/aromatic N) is 1. The van der Waals surface area contributed by atoms with E-state index in [1.807, 2.05) is 12.1 Å². The van der Waals surface area contributed by atoms with Gasteiger partial charge in [0.2, 0.25) is 0 Å². The highest BCUT2D eigenvalue weighted by atomic mass is 35.5. The number of nitrogens with one attached hydrogen (secondary N) is 1. The molecule has 1 aromatic carbocycles. The number of hydrogen-bond donors (Lipinski definition) is 1. The Bertz CT molecular complexity index is 405. The topological polar surface area (TPSA) is 27.8 Å². The molecule has 2 aliphatic heterocycles. The fourth-order valence-electron chi connectivity index (χ4n) is 2.71. The zero-order chi connectivity index (χ0) is 13.1. The van der Waals surface area contributed by atoms with Crippen LogP contribution in [0.5, 0.6) is 0 Å². The molecule has 19 heavy (non-hydrogen) atoms. The average molecular weight is 281 g/mol. The van der Waals surface area contributed by atoms with Crippen molar-refractivity contribution in [3.8, 4) is 0 Å². The second-order valence-corrected chi connectivity index (χ2v) is 6.07. The molecule has 2 saturated heterocycles. The molecule has 0 aliphatic carbocycles. The lowest BCUT2D eigenvalue weighted by Crippen LogP contribution is -2.28. The van der Waals surface area contributed by atoms with E-state index in [2.05, 4.69) is 22.3 Å². The first-order valence-electron chi connectivity index (χ1n) is 7.09.